The quantitative estimate of drug-likeness (QED) is 0.857. The Labute approximate surface area is 122 Å². The monoisotopic (exact) mass is 288 g/mol. The number of fused-ring (bicyclic) bond motifs is 1. The third kappa shape index (κ3) is 2.89. The second-order valence-corrected chi connectivity index (χ2v) is 5.54. The van der Waals surface area contributed by atoms with Crippen LogP contribution in [0.4, 0.5) is 0 Å². The molecule has 2 aromatic rings. The van der Waals surface area contributed by atoms with Crippen LogP contribution < -0.4 is 14.8 Å². The van der Waals surface area contributed by atoms with E-state index in [0.717, 1.165) is 17.3 Å². The van der Waals surface area contributed by atoms with Gasteiger partial charge in [0.1, 0.15) is 0 Å². The number of hydrogen-bond acceptors (Lipinski definition) is 5. The maximum atomic E-state index is 5.43. The van der Waals surface area contributed by atoms with Crippen LogP contribution in [0, 0.1) is 0 Å². The second kappa shape index (κ2) is 6.15. The molecular weight excluding hydrogens is 272 g/mol. The minimum Gasteiger partial charge on any atom is -0.454 e. The third-order valence-corrected chi connectivity index (χ3v) is 4.32. The summed E-state index contributed by atoms with van der Waals surface area (Å²) in [5, 5.41) is 3.35. The van der Waals surface area contributed by atoms with Gasteiger partial charge in [-0.1, -0.05) is 6.07 Å². The Morgan fingerprint density at radius 2 is 2.00 bits per heavy atom. The minimum absolute atomic E-state index is 0.266. The summed E-state index contributed by atoms with van der Waals surface area (Å²) in [7, 11) is 1.97. The van der Waals surface area contributed by atoms with Gasteiger partial charge in [0.15, 0.2) is 11.5 Å². The molecule has 0 aliphatic carbocycles. The Morgan fingerprint density at radius 1 is 1.20 bits per heavy atom. The first-order chi connectivity index (χ1) is 9.86. The molecule has 1 unspecified atom stereocenters. The first-order valence-electron chi connectivity index (χ1n) is 6.46. The zero-order valence-corrected chi connectivity index (χ0v) is 12.0. The molecule has 104 valence electrons. The predicted octanol–water partition coefficient (Wildman–Crippen LogP) is 2.86. The molecule has 0 saturated carbocycles. The van der Waals surface area contributed by atoms with Crippen LogP contribution in [0.25, 0.3) is 0 Å². The molecule has 0 radical (unpaired) electrons. The number of benzene rings is 1. The number of ether oxygens (including phenoxy) is 2. The average Bonchev–Trinajstić information content (AvgIpc) is 2.96. The lowest BCUT2D eigenvalue weighted by Gasteiger charge is -2.16. The summed E-state index contributed by atoms with van der Waals surface area (Å²) in [6, 6.07) is 10.4. The van der Waals surface area contributed by atoms with E-state index in [-0.39, 0.29) is 6.04 Å². The Bertz CT molecular complexity index is 577. The van der Waals surface area contributed by atoms with Crippen molar-refractivity contribution in [3.05, 3.63) is 48.3 Å². The lowest BCUT2D eigenvalue weighted by molar-refractivity contribution is 0.174. The SMILES string of the molecule is CNC(CSc1ccncc1)c1ccc2c(c1)OCO2. The molecule has 2 heterocycles. The van der Waals surface area contributed by atoms with Gasteiger partial charge in [-0.3, -0.25) is 4.98 Å². The highest BCUT2D eigenvalue weighted by Crippen LogP contribution is 2.35. The molecule has 5 heteroatoms. The number of pyridine rings is 1. The topological polar surface area (TPSA) is 43.4 Å². The first kappa shape index (κ1) is 13.3. The predicted molar refractivity (Wildman–Crippen MR) is 79.3 cm³/mol. The second-order valence-electron chi connectivity index (χ2n) is 4.45. The average molecular weight is 288 g/mol. The van der Waals surface area contributed by atoms with Crippen LogP contribution >= 0.6 is 11.8 Å². The Morgan fingerprint density at radius 3 is 2.80 bits per heavy atom. The minimum atomic E-state index is 0.266. The van der Waals surface area contributed by atoms with Gasteiger partial charge in [-0.15, -0.1) is 11.8 Å². The fourth-order valence-electron chi connectivity index (χ4n) is 2.09. The maximum Gasteiger partial charge on any atom is 0.231 e. The van der Waals surface area contributed by atoms with E-state index < -0.39 is 0 Å². The van der Waals surface area contributed by atoms with Gasteiger partial charge in [0.2, 0.25) is 6.79 Å². The molecule has 0 saturated heterocycles. The molecule has 1 aliphatic heterocycles. The summed E-state index contributed by atoms with van der Waals surface area (Å²) in [5.41, 5.74) is 1.21. The van der Waals surface area contributed by atoms with Gasteiger partial charge < -0.3 is 14.8 Å². The molecule has 1 aromatic carbocycles. The van der Waals surface area contributed by atoms with Crippen LogP contribution in [-0.4, -0.2) is 24.6 Å². The Balaban J connectivity index is 1.70. The summed E-state index contributed by atoms with van der Waals surface area (Å²) in [4.78, 5) is 5.25. The van der Waals surface area contributed by atoms with Crippen LogP contribution in [0.3, 0.4) is 0 Å². The first-order valence-corrected chi connectivity index (χ1v) is 7.45. The molecule has 1 aliphatic rings. The lowest BCUT2D eigenvalue weighted by atomic mass is 10.1. The maximum absolute atomic E-state index is 5.43. The van der Waals surface area contributed by atoms with Crippen molar-refractivity contribution < 1.29 is 9.47 Å². The van der Waals surface area contributed by atoms with Crippen molar-refractivity contribution in [1.29, 1.82) is 0 Å². The van der Waals surface area contributed by atoms with Gasteiger partial charge >= 0.3 is 0 Å². The number of rotatable bonds is 5. The zero-order chi connectivity index (χ0) is 13.8. The fraction of sp³-hybridized carbons (Fsp3) is 0.267. The van der Waals surface area contributed by atoms with Gasteiger partial charge in [-0.25, -0.2) is 0 Å². The number of nitrogens with one attached hydrogen (secondary N) is 1. The number of hydrogen-bond donors (Lipinski definition) is 1. The summed E-state index contributed by atoms with van der Waals surface area (Å²) < 4.78 is 10.8. The van der Waals surface area contributed by atoms with E-state index in [2.05, 4.69) is 22.4 Å². The van der Waals surface area contributed by atoms with Crippen molar-refractivity contribution in [3.63, 3.8) is 0 Å². The largest absolute Gasteiger partial charge is 0.454 e. The molecular formula is C15H16N2O2S. The van der Waals surface area contributed by atoms with Crippen LogP contribution in [0.1, 0.15) is 11.6 Å². The van der Waals surface area contributed by atoms with Crippen LogP contribution in [0.2, 0.25) is 0 Å². The van der Waals surface area contributed by atoms with Gasteiger partial charge in [0.25, 0.3) is 0 Å². The molecule has 0 bridgehead atoms. The highest BCUT2D eigenvalue weighted by Gasteiger charge is 2.17. The van der Waals surface area contributed by atoms with Crippen molar-refractivity contribution in [2.24, 2.45) is 0 Å². The van der Waals surface area contributed by atoms with Crippen LogP contribution in [0.5, 0.6) is 11.5 Å². The zero-order valence-electron chi connectivity index (χ0n) is 11.2. The third-order valence-electron chi connectivity index (χ3n) is 3.21. The van der Waals surface area contributed by atoms with E-state index in [1.807, 2.05) is 37.6 Å². The van der Waals surface area contributed by atoms with Gasteiger partial charge in [-0.2, -0.15) is 0 Å². The van der Waals surface area contributed by atoms with Crippen molar-refractivity contribution >= 4 is 11.8 Å². The van der Waals surface area contributed by atoms with Gasteiger partial charge in [-0.05, 0) is 36.9 Å². The van der Waals surface area contributed by atoms with Gasteiger partial charge in [0.05, 0.1) is 0 Å². The van der Waals surface area contributed by atoms with Crippen LogP contribution in [-0.2, 0) is 0 Å². The van der Waals surface area contributed by atoms with Crippen molar-refractivity contribution in [2.75, 3.05) is 19.6 Å². The van der Waals surface area contributed by atoms with E-state index in [1.54, 1.807) is 11.8 Å². The number of nitrogens with zero attached hydrogens (tertiary/aromatic N) is 1. The highest BCUT2D eigenvalue weighted by molar-refractivity contribution is 7.99. The van der Waals surface area contributed by atoms with Crippen molar-refractivity contribution in [3.8, 4) is 11.5 Å². The summed E-state index contributed by atoms with van der Waals surface area (Å²) >= 11 is 1.81. The Kier molecular flexibility index (Phi) is 4.08. The number of aromatic nitrogens is 1. The molecule has 3 rings (SSSR count). The van der Waals surface area contributed by atoms with Crippen molar-refractivity contribution in [1.82, 2.24) is 10.3 Å². The van der Waals surface area contributed by atoms with E-state index >= 15 is 0 Å². The fourth-order valence-corrected chi connectivity index (χ4v) is 3.12. The summed E-state index contributed by atoms with van der Waals surface area (Å²) in [6.07, 6.45) is 3.63. The van der Waals surface area contributed by atoms with E-state index in [0.29, 0.717) is 6.79 Å². The molecule has 1 N–H and O–H groups in total. The summed E-state index contributed by atoms with van der Waals surface area (Å²) in [6.45, 7) is 0.314. The normalized spacial score (nSPS) is 14.2. The van der Waals surface area contributed by atoms with Crippen LogP contribution in [0.15, 0.2) is 47.6 Å². The molecule has 0 fully saturated rings. The molecule has 0 spiro atoms. The van der Waals surface area contributed by atoms with Crippen molar-refractivity contribution in [2.45, 2.75) is 10.9 Å². The van der Waals surface area contributed by atoms with Gasteiger partial charge in [0, 0.05) is 29.1 Å². The van der Waals surface area contributed by atoms with E-state index in [9.17, 15) is 0 Å². The summed E-state index contributed by atoms with van der Waals surface area (Å²) in [5.74, 6) is 2.60. The number of thioether (sulfide) groups is 1. The van der Waals surface area contributed by atoms with E-state index in [1.165, 1.54) is 10.5 Å². The Hall–Kier alpha value is -1.72. The lowest BCUT2D eigenvalue weighted by Crippen LogP contribution is -2.18. The highest BCUT2D eigenvalue weighted by atomic mass is 32.2. The molecule has 20 heavy (non-hydrogen) atoms. The molecule has 4 nitrogen and oxygen atoms in total. The smallest absolute Gasteiger partial charge is 0.231 e. The molecule has 1 atom stereocenters. The standard InChI is InChI=1S/C15H16N2O2S/c1-16-13(9-20-12-4-6-17-7-5-12)11-2-3-14-15(8-11)19-10-18-14/h2-8,13,16H,9-10H2,1H3. The molecule has 1 aromatic heterocycles. The molecule has 0 amide bonds. The van der Waals surface area contributed by atoms with E-state index in [4.69, 9.17) is 9.47 Å².